The number of imidazole rings is 1. The minimum Gasteiger partial charge on any atom is -0.368 e. The molecule has 3 rings (SSSR count). The molecule has 1 unspecified atom stereocenters. The van der Waals surface area contributed by atoms with E-state index in [2.05, 4.69) is 11.9 Å². The van der Waals surface area contributed by atoms with Gasteiger partial charge in [-0.1, -0.05) is 11.8 Å². The Labute approximate surface area is 119 Å². The maximum absolute atomic E-state index is 10.6. The van der Waals surface area contributed by atoms with E-state index in [0.717, 1.165) is 23.2 Å². The number of benzene rings is 1. The van der Waals surface area contributed by atoms with E-state index in [1.54, 1.807) is 18.3 Å². The van der Waals surface area contributed by atoms with Gasteiger partial charge < -0.3 is 9.30 Å². The maximum Gasteiger partial charge on any atom is 0.269 e. The molecule has 1 aliphatic rings. The predicted octanol–water partition coefficient (Wildman–Crippen LogP) is 2.73. The first-order valence-corrected chi connectivity index (χ1v) is 6.95. The number of non-ortho nitro benzene ring substituents is 1. The third-order valence-corrected chi connectivity index (χ3v) is 4.11. The molecule has 0 bridgehead atoms. The third kappa shape index (κ3) is 2.83. The molecule has 1 aliphatic heterocycles. The Morgan fingerprint density at radius 1 is 1.50 bits per heavy atom. The van der Waals surface area contributed by atoms with Crippen LogP contribution in [0.15, 0.2) is 46.7 Å². The highest BCUT2D eigenvalue weighted by molar-refractivity contribution is 7.99. The van der Waals surface area contributed by atoms with E-state index >= 15 is 0 Å². The van der Waals surface area contributed by atoms with Crippen molar-refractivity contribution in [1.82, 2.24) is 9.55 Å². The van der Waals surface area contributed by atoms with Crippen LogP contribution in [-0.2, 0) is 11.3 Å². The molecule has 104 valence electrons. The first kappa shape index (κ1) is 13.1. The Balaban J connectivity index is 1.74. The van der Waals surface area contributed by atoms with Crippen LogP contribution in [0.5, 0.6) is 0 Å². The molecule has 20 heavy (non-hydrogen) atoms. The van der Waals surface area contributed by atoms with Crippen molar-refractivity contribution in [3.05, 3.63) is 46.8 Å². The van der Waals surface area contributed by atoms with Gasteiger partial charge in [0.25, 0.3) is 5.69 Å². The fraction of sp³-hybridized carbons (Fsp3) is 0.308. The number of hydrogen-bond acceptors (Lipinski definition) is 5. The number of hydrogen-bond donors (Lipinski definition) is 0. The Hall–Kier alpha value is -1.86. The van der Waals surface area contributed by atoms with Gasteiger partial charge in [0.15, 0.2) is 5.16 Å². The van der Waals surface area contributed by atoms with Crippen molar-refractivity contribution >= 4 is 17.4 Å². The summed E-state index contributed by atoms with van der Waals surface area (Å²) >= 11 is 1.48. The average Bonchev–Trinajstić information content (AvgIpc) is 2.99. The van der Waals surface area contributed by atoms with Gasteiger partial charge in [0, 0.05) is 29.4 Å². The summed E-state index contributed by atoms with van der Waals surface area (Å²) in [7, 11) is 0. The summed E-state index contributed by atoms with van der Waals surface area (Å²) in [5.41, 5.74) is 0.0162. The Morgan fingerprint density at radius 3 is 2.80 bits per heavy atom. The molecule has 0 aliphatic carbocycles. The zero-order valence-electron chi connectivity index (χ0n) is 10.9. The third-order valence-electron chi connectivity index (χ3n) is 3.08. The van der Waals surface area contributed by atoms with Crippen LogP contribution in [0.4, 0.5) is 5.69 Å². The summed E-state index contributed by atoms with van der Waals surface area (Å²) in [4.78, 5) is 15.5. The van der Waals surface area contributed by atoms with Gasteiger partial charge in [-0.15, -0.1) is 0 Å². The van der Waals surface area contributed by atoms with Crippen LogP contribution in [-0.4, -0.2) is 26.7 Å². The molecule has 6 nitrogen and oxygen atoms in total. The van der Waals surface area contributed by atoms with Crippen molar-refractivity contribution in [1.29, 1.82) is 0 Å². The van der Waals surface area contributed by atoms with Crippen LogP contribution in [0.1, 0.15) is 6.92 Å². The highest BCUT2D eigenvalue weighted by Crippen LogP contribution is 2.32. The molecule has 1 saturated heterocycles. The quantitative estimate of drug-likeness (QED) is 0.481. The lowest BCUT2D eigenvalue weighted by Gasteiger charge is -2.09. The van der Waals surface area contributed by atoms with Gasteiger partial charge in [0.2, 0.25) is 0 Å². The van der Waals surface area contributed by atoms with Crippen molar-refractivity contribution in [3.8, 4) is 0 Å². The minimum absolute atomic E-state index is 0.0779. The molecule has 7 heteroatoms. The predicted molar refractivity (Wildman–Crippen MR) is 73.8 cm³/mol. The highest BCUT2D eigenvalue weighted by Gasteiger charge is 2.39. The van der Waals surface area contributed by atoms with E-state index < -0.39 is 4.92 Å². The van der Waals surface area contributed by atoms with Gasteiger partial charge in [0.1, 0.15) is 5.60 Å². The standard InChI is InChI=1S/C13H13N3O3S/c1-13(9-19-13)8-15-7-6-14-12(15)20-11-4-2-10(3-5-11)16(17)18/h2-7H,8-9H2,1H3. The minimum atomic E-state index is -0.402. The molecule has 0 amide bonds. The lowest BCUT2D eigenvalue weighted by Crippen LogP contribution is -2.15. The largest absolute Gasteiger partial charge is 0.368 e. The zero-order valence-corrected chi connectivity index (χ0v) is 11.7. The molecular formula is C13H13N3O3S. The van der Waals surface area contributed by atoms with E-state index in [0.29, 0.717) is 0 Å². The number of nitro groups is 1. The summed E-state index contributed by atoms with van der Waals surface area (Å²) < 4.78 is 7.42. The summed E-state index contributed by atoms with van der Waals surface area (Å²) in [5, 5.41) is 11.5. The van der Waals surface area contributed by atoms with Gasteiger partial charge in [-0.3, -0.25) is 10.1 Å². The zero-order chi connectivity index (χ0) is 14.2. The molecule has 0 radical (unpaired) electrons. The first-order valence-electron chi connectivity index (χ1n) is 6.13. The molecule has 0 spiro atoms. The molecule has 2 aromatic rings. The number of nitro benzene ring substituents is 1. The SMILES string of the molecule is CC1(Cn2ccnc2Sc2ccc([N+](=O)[O-])cc2)CO1. The van der Waals surface area contributed by atoms with Crippen molar-refractivity contribution in [2.24, 2.45) is 0 Å². The molecule has 0 N–H and O–H groups in total. The molecule has 1 atom stereocenters. The van der Waals surface area contributed by atoms with Crippen LogP contribution in [0.2, 0.25) is 0 Å². The first-order chi connectivity index (χ1) is 9.56. The topological polar surface area (TPSA) is 73.5 Å². The maximum atomic E-state index is 10.6. The van der Waals surface area contributed by atoms with Crippen LogP contribution >= 0.6 is 11.8 Å². The molecule has 1 aromatic heterocycles. The lowest BCUT2D eigenvalue weighted by molar-refractivity contribution is -0.384. The second-order valence-corrected chi connectivity index (χ2v) is 5.97. The molecule has 2 heterocycles. The second kappa shape index (κ2) is 4.92. The van der Waals surface area contributed by atoms with Gasteiger partial charge >= 0.3 is 0 Å². The van der Waals surface area contributed by atoms with E-state index in [4.69, 9.17) is 4.74 Å². The Kier molecular flexibility index (Phi) is 3.23. The fourth-order valence-electron chi connectivity index (χ4n) is 1.84. The molecule has 0 saturated carbocycles. The number of aromatic nitrogens is 2. The number of nitrogens with zero attached hydrogens (tertiary/aromatic N) is 3. The normalized spacial score (nSPS) is 20.9. The van der Waals surface area contributed by atoms with Gasteiger partial charge in [-0.25, -0.2) is 4.98 Å². The van der Waals surface area contributed by atoms with Crippen molar-refractivity contribution in [2.45, 2.75) is 29.1 Å². The van der Waals surface area contributed by atoms with E-state index in [1.165, 1.54) is 23.9 Å². The van der Waals surface area contributed by atoms with Crippen molar-refractivity contribution in [3.63, 3.8) is 0 Å². The molecule has 1 aromatic carbocycles. The van der Waals surface area contributed by atoms with Crippen LogP contribution in [0.25, 0.3) is 0 Å². The number of ether oxygens (including phenoxy) is 1. The Bertz CT molecular complexity index is 635. The van der Waals surface area contributed by atoms with Gasteiger partial charge in [-0.05, 0) is 19.1 Å². The van der Waals surface area contributed by atoms with Crippen LogP contribution in [0, 0.1) is 10.1 Å². The van der Waals surface area contributed by atoms with E-state index in [9.17, 15) is 10.1 Å². The molecular weight excluding hydrogens is 278 g/mol. The number of rotatable bonds is 5. The van der Waals surface area contributed by atoms with Gasteiger partial charge in [0.05, 0.1) is 18.1 Å². The average molecular weight is 291 g/mol. The smallest absolute Gasteiger partial charge is 0.269 e. The Morgan fingerprint density at radius 2 is 2.20 bits per heavy atom. The van der Waals surface area contributed by atoms with E-state index in [-0.39, 0.29) is 11.3 Å². The van der Waals surface area contributed by atoms with Gasteiger partial charge in [-0.2, -0.15) is 0 Å². The summed E-state index contributed by atoms with van der Waals surface area (Å²) in [5.74, 6) is 0. The second-order valence-electron chi connectivity index (χ2n) is 4.93. The monoisotopic (exact) mass is 291 g/mol. The van der Waals surface area contributed by atoms with Crippen LogP contribution in [0.3, 0.4) is 0 Å². The van der Waals surface area contributed by atoms with Crippen molar-refractivity contribution < 1.29 is 9.66 Å². The van der Waals surface area contributed by atoms with Crippen LogP contribution < -0.4 is 0 Å². The highest BCUT2D eigenvalue weighted by atomic mass is 32.2. The molecule has 1 fully saturated rings. The summed E-state index contributed by atoms with van der Waals surface area (Å²) in [6.45, 7) is 3.60. The summed E-state index contributed by atoms with van der Waals surface area (Å²) in [6, 6.07) is 6.47. The lowest BCUT2D eigenvalue weighted by atomic mass is 10.2. The fourth-order valence-corrected chi connectivity index (χ4v) is 2.68. The van der Waals surface area contributed by atoms with E-state index in [1.807, 2.05) is 10.8 Å². The van der Waals surface area contributed by atoms with Crippen molar-refractivity contribution in [2.75, 3.05) is 6.61 Å². The number of epoxide rings is 1. The summed E-state index contributed by atoms with van der Waals surface area (Å²) in [6.07, 6.45) is 3.67.